The number of hydrogen-bond donors (Lipinski definition) is 2. The average Bonchev–Trinajstić information content (AvgIpc) is 2.37. The van der Waals surface area contributed by atoms with Crippen LogP contribution in [-0.4, -0.2) is 16.8 Å². The molecular formula is C13H18N2O3. The molecule has 1 amide bonds. The van der Waals surface area contributed by atoms with Crippen LogP contribution >= 0.6 is 0 Å². The van der Waals surface area contributed by atoms with Crippen LogP contribution in [-0.2, 0) is 17.9 Å². The highest BCUT2D eigenvalue weighted by Crippen LogP contribution is 2.17. The minimum Gasteiger partial charge on any atom is -0.391 e. The molecule has 1 aromatic rings. The molecule has 0 aliphatic rings. The molecule has 1 aromatic carbocycles. The molecule has 2 N–H and O–H groups in total. The Kier molecular flexibility index (Phi) is 5.32. The highest BCUT2D eigenvalue weighted by Gasteiger charge is 2.14. The maximum absolute atomic E-state index is 11.5. The van der Waals surface area contributed by atoms with Gasteiger partial charge in [-0.05, 0) is 31.9 Å². The molecule has 98 valence electrons. The lowest BCUT2D eigenvalue weighted by atomic mass is 9.99. The van der Waals surface area contributed by atoms with E-state index in [1.54, 1.807) is 17.6 Å². The first-order valence-corrected chi connectivity index (χ1v) is 5.78. The maximum Gasteiger partial charge on any atom is 0.275 e. The fourth-order valence-corrected chi connectivity index (χ4v) is 1.64. The monoisotopic (exact) mass is 250 g/mol. The number of nitrogens with one attached hydrogen (secondary N) is 1. The quantitative estimate of drug-likeness (QED) is 0.478. The second-order valence-electron chi connectivity index (χ2n) is 4.05. The third-order valence-electron chi connectivity index (χ3n) is 2.46. The summed E-state index contributed by atoms with van der Waals surface area (Å²) in [6, 6.07) is 5.35. The standard InChI is InChI=1S/C13H18N2O3/c1-4-10-6-5-7-11(13(16)14-17)12(10)8-18-15-9(2)3/h5-7,17H,4,8H2,1-3H3,(H,14,16). The van der Waals surface area contributed by atoms with Gasteiger partial charge in [-0.3, -0.25) is 10.0 Å². The van der Waals surface area contributed by atoms with Gasteiger partial charge >= 0.3 is 0 Å². The van der Waals surface area contributed by atoms with Crippen molar-refractivity contribution in [2.75, 3.05) is 0 Å². The van der Waals surface area contributed by atoms with E-state index in [1.165, 1.54) is 0 Å². The smallest absolute Gasteiger partial charge is 0.275 e. The van der Waals surface area contributed by atoms with Crippen molar-refractivity contribution in [1.82, 2.24) is 5.48 Å². The summed E-state index contributed by atoms with van der Waals surface area (Å²) in [6.07, 6.45) is 0.778. The van der Waals surface area contributed by atoms with Crippen molar-refractivity contribution in [2.45, 2.75) is 33.8 Å². The van der Waals surface area contributed by atoms with Gasteiger partial charge < -0.3 is 4.84 Å². The number of amides is 1. The van der Waals surface area contributed by atoms with E-state index in [0.29, 0.717) is 5.56 Å². The Morgan fingerprint density at radius 3 is 2.72 bits per heavy atom. The van der Waals surface area contributed by atoms with Gasteiger partial charge in [0.15, 0.2) is 0 Å². The number of benzene rings is 1. The molecule has 0 heterocycles. The summed E-state index contributed by atoms with van der Waals surface area (Å²) in [5.74, 6) is -0.541. The van der Waals surface area contributed by atoms with E-state index in [2.05, 4.69) is 5.16 Å². The molecule has 1 rings (SSSR count). The Morgan fingerprint density at radius 2 is 2.17 bits per heavy atom. The molecule has 0 aliphatic heterocycles. The van der Waals surface area contributed by atoms with Crippen molar-refractivity contribution in [3.8, 4) is 0 Å². The summed E-state index contributed by atoms with van der Waals surface area (Å²) < 4.78 is 0. The van der Waals surface area contributed by atoms with Gasteiger partial charge in [0.05, 0.1) is 5.71 Å². The van der Waals surface area contributed by atoms with Crippen molar-refractivity contribution in [2.24, 2.45) is 5.16 Å². The molecule has 18 heavy (non-hydrogen) atoms. The molecule has 0 aliphatic carbocycles. The van der Waals surface area contributed by atoms with E-state index < -0.39 is 5.91 Å². The van der Waals surface area contributed by atoms with Crippen LogP contribution in [0.5, 0.6) is 0 Å². The van der Waals surface area contributed by atoms with Crippen LogP contribution in [0.2, 0.25) is 0 Å². The number of hydroxylamine groups is 1. The second kappa shape index (κ2) is 6.76. The third kappa shape index (κ3) is 3.56. The first-order valence-electron chi connectivity index (χ1n) is 5.78. The Labute approximate surface area is 106 Å². The molecule has 0 unspecified atom stereocenters. The van der Waals surface area contributed by atoms with Crippen LogP contribution in [0.3, 0.4) is 0 Å². The second-order valence-corrected chi connectivity index (χ2v) is 4.05. The van der Waals surface area contributed by atoms with E-state index in [9.17, 15) is 4.79 Å². The van der Waals surface area contributed by atoms with Crippen LogP contribution < -0.4 is 5.48 Å². The number of aryl methyl sites for hydroxylation is 1. The first kappa shape index (κ1) is 14.2. The number of carbonyl (C=O) groups excluding carboxylic acids is 1. The molecule has 0 saturated heterocycles. The lowest BCUT2D eigenvalue weighted by molar-refractivity contribution is 0.0698. The van der Waals surface area contributed by atoms with Gasteiger partial charge in [0.2, 0.25) is 0 Å². The Morgan fingerprint density at radius 1 is 1.44 bits per heavy atom. The van der Waals surface area contributed by atoms with Gasteiger partial charge in [0.25, 0.3) is 5.91 Å². The zero-order valence-electron chi connectivity index (χ0n) is 10.9. The fourth-order valence-electron chi connectivity index (χ4n) is 1.64. The molecule has 0 radical (unpaired) electrons. The SMILES string of the molecule is CCc1cccc(C(=O)NO)c1CON=C(C)C. The van der Waals surface area contributed by atoms with Crippen LogP contribution in [0.4, 0.5) is 0 Å². The van der Waals surface area contributed by atoms with Gasteiger partial charge in [0.1, 0.15) is 6.61 Å². The lowest BCUT2D eigenvalue weighted by Gasteiger charge is -2.11. The van der Waals surface area contributed by atoms with Crippen molar-refractivity contribution in [3.63, 3.8) is 0 Å². The van der Waals surface area contributed by atoms with E-state index in [0.717, 1.165) is 23.3 Å². The number of nitrogens with zero attached hydrogens (tertiary/aromatic N) is 1. The minimum absolute atomic E-state index is 0.206. The van der Waals surface area contributed by atoms with Crippen LogP contribution in [0.15, 0.2) is 23.4 Å². The minimum atomic E-state index is -0.541. The van der Waals surface area contributed by atoms with E-state index in [4.69, 9.17) is 10.0 Å². The summed E-state index contributed by atoms with van der Waals surface area (Å²) in [4.78, 5) is 16.7. The van der Waals surface area contributed by atoms with Crippen LogP contribution in [0.1, 0.15) is 42.3 Å². The molecule has 0 aromatic heterocycles. The van der Waals surface area contributed by atoms with Gasteiger partial charge in [-0.15, -0.1) is 0 Å². The maximum atomic E-state index is 11.5. The zero-order valence-corrected chi connectivity index (χ0v) is 10.9. The van der Waals surface area contributed by atoms with E-state index >= 15 is 0 Å². The van der Waals surface area contributed by atoms with Crippen LogP contribution in [0.25, 0.3) is 0 Å². The van der Waals surface area contributed by atoms with Gasteiger partial charge in [-0.25, -0.2) is 5.48 Å². The molecule has 5 nitrogen and oxygen atoms in total. The molecular weight excluding hydrogens is 232 g/mol. The summed E-state index contributed by atoms with van der Waals surface area (Å²) in [7, 11) is 0. The first-order chi connectivity index (χ1) is 8.60. The molecule has 0 atom stereocenters. The van der Waals surface area contributed by atoms with Crippen LogP contribution in [0, 0.1) is 0 Å². The zero-order chi connectivity index (χ0) is 13.5. The Bertz CT molecular complexity index is 452. The summed E-state index contributed by atoms with van der Waals surface area (Å²) in [6.45, 7) is 5.85. The number of oxime groups is 1. The van der Waals surface area contributed by atoms with Crippen molar-refractivity contribution < 1.29 is 14.8 Å². The molecule has 0 bridgehead atoms. The van der Waals surface area contributed by atoms with Crippen molar-refractivity contribution >= 4 is 11.6 Å². The molecule has 5 heteroatoms. The third-order valence-corrected chi connectivity index (χ3v) is 2.46. The average molecular weight is 250 g/mol. The number of rotatable bonds is 5. The lowest BCUT2D eigenvalue weighted by Crippen LogP contribution is -2.21. The molecule has 0 spiro atoms. The van der Waals surface area contributed by atoms with Crippen molar-refractivity contribution in [1.29, 1.82) is 0 Å². The highest BCUT2D eigenvalue weighted by atomic mass is 16.6. The fraction of sp³-hybridized carbons (Fsp3) is 0.385. The Hall–Kier alpha value is -1.88. The Balaban J connectivity index is 3.04. The predicted octanol–water partition coefficient (Wildman–Crippen LogP) is 2.28. The number of hydrogen-bond acceptors (Lipinski definition) is 4. The highest BCUT2D eigenvalue weighted by molar-refractivity contribution is 5.95. The predicted molar refractivity (Wildman–Crippen MR) is 68.6 cm³/mol. The molecule has 0 saturated carbocycles. The van der Waals surface area contributed by atoms with Crippen molar-refractivity contribution in [3.05, 3.63) is 34.9 Å². The summed E-state index contributed by atoms with van der Waals surface area (Å²) in [5.41, 5.74) is 4.60. The summed E-state index contributed by atoms with van der Waals surface area (Å²) in [5, 5.41) is 12.6. The van der Waals surface area contributed by atoms with E-state index in [1.807, 2.05) is 26.8 Å². The van der Waals surface area contributed by atoms with E-state index in [-0.39, 0.29) is 6.61 Å². The largest absolute Gasteiger partial charge is 0.391 e. The van der Waals surface area contributed by atoms with Gasteiger partial charge in [0, 0.05) is 11.1 Å². The topological polar surface area (TPSA) is 70.9 Å². The summed E-state index contributed by atoms with van der Waals surface area (Å²) >= 11 is 0. The van der Waals surface area contributed by atoms with Gasteiger partial charge in [-0.1, -0.05) is 24.2 Å². The normalized spacial score (nSPS) is 9.78. The molecule has 0 fully saturated rings. The number of carbonyl (C=O) groups is 1. The van der Waals surface area contributed by atoms with Gasteiger partial charge in [-0.2, -0.15) is 0 Å².